The molecule has 118 valence electrons. The van der Waals surface area contributed by atoms with Crippen LogP contribution in [0, 0.1) is 0 Å². The predicted molar refractivity (Wildman–Crippen MR) is 89.3 cm³/mol. The Morgan fingerprint density at radius 1 is 1.04 bits per heavy atom. The molecule has 0 atom stereocenters. The zero-order chi connectivity index (χ0) is 16.4. The van der Waals surface area contributed by atoms with Gasteiger partial charge in [0.25, 0.3) is 0 Å². The van der Waals surface area contributed by atoms with Crippen LogP contribution in [0.2, 0.25) is 5.02 Å². The first kappa shape index (κ1) is 15.4. The molecule has 0 saturated carbocycles. The van der Waals surface area contributed by atoms with E-state index in [1.807, 2.05) is 12.1 Å². The van der Waals surface area contributed by atoms with Crippen LogP contribution >= 0.6 is 11.6 Å². The summed E-state index contributed by atoms with van der Waals surface area (Å²) < 4.78 is 4.72. The lowest BCUT2D eigenvalue weighted by atomic mass is 10.2. The van der Waals surface area contributed by atoms with E-state index in [-0.39, 0.29) is 6.03 Å². The topological polar surface area (TPSA) is 49.9 Å². The standard InChI is InChI=1S/C17H15ClN2O3/c1-23-16(21)12-4-2-6-14(10-12)19-8-9-20(17(19)22)15-7-3-5-13(18)11-15/h2-7,10-11H,8-9H2,1H3. The molecule has 1 aliphatic heterocycles. The average molecular weight is 331 g/mol. The van der Waals surface area contributed by atoms with Gasteiger partial charge in [0.2, 0.25) is 0 Å². The fourth-order valence-electron chi connectivity index (χ4n) is 2.58. The van der Waals surface area contributed by atoms with Gasteiger partial charge in [-0.3, -0.25) is 9.80 Å². The van der Waals surface area contributed by atoms with E-state index >= 15 is 0 Å². The molecule has 1 heterocycles. The number of nitrogens with zero attached hydrogens (tertiary/aromatic N) is 2. The van der Waals surface area contributed by atoms with Crippen LogP contribution in [0.4, 0.5) is 16.2 Å². The second kappa shape index (κ2) is 6.30. The van der Waals surface area contributed by atoms with Crippen molar-refractivity contribution in [1.82, 2.24) is 0 Å². The summed E-state index contributed by atoms with van der Waals surface area (Å²) in [5.41, 5.74) is 1.84. The summed E-state index contributed by atoms with van der Waals surface area (Å²) in [7, 11) is 1.33. The molecule has 1 aliphatic rings. The number of benzene rings is 2. The van der Waals surface area contributed by atoms with Crippen LogP contribution in [0.1, 0.15) is 10.4 Å². The molecular weight excluding hydrogens is 316 g/mol. The number of ether oxygens (including phenoxy) is 1. The summed E-state index contributed by atoms with van der Waals surface area (Å²) in [5.74, 6) is -0.426. The Balaban J connectivity index is 1.86. The number of hydrogen-bond acceptors (Lipinski definition) is 3. The zero-order valence-electron chi connectivity index (χ0n) is 12.5. The molecule has 2 aromatic carbocycles. The third kappa shape index (κ3) is 3.00. The van der Waals surface area contributed by atoms with Crippen molar-refractivity contribution in [2.75, 3.05) is 30.0 Å². The van der Waals surface area contributed by atoms with Crippen LogP contribution < -0.4 is 9.80 Å². The zero-order valence-corrected chi connectivity index (χ0v) is 13.3. The highest BCUT2D eigenvalue weighted by atomic mass is 35.5. The number of carbonyl (C=O) groups excluding carboxylic acids is 2. The Hall–Kier alpha value is -2.53. The van der Waals surface area contributed by atoms with E-state index in [9.17, 15) is 9.59 Å². The number of carbonyl (C=O) groups is 2. The van der Waals surface area contributed by atoms with E-state index in [0.29, 0.717) is 29.4 Å². The van der Waals surface area contributed by atoms with Gasteiger partial charge >= 0.3 is 12.0 Å². The molecule has 3 rings (SSSR count). The van der Waals surface area contributed by atoms with Crippen LogP contribution in [-0.2, 0) is 4.74 Å². The van der Waals surface area contributed by atoms with Gasteiger partial charge in [0.05, 0.1) is 12.7 Å². The number of anilines is 2. The van der Waals surface area contributed by atoms with E-state index in [0.717, 1.165) is 5.69 Å². The largest absolute Gasteiger partial charge is 0.465 e. The van der Waals surface area contributed by atoms with Crippen LogP contribution in [-0.4, -0.2) is 32.2 Å². The minimum Gasteiger partial charge on any atom is -0.465 e. The minimum absolute atomic E-state index is 0.144. The third-order valence-corrected chi connectivity index (χ3v) is 3.94. The lowest BCUT2D eigenvalue weighted by Crippen LogP contribution is -2.31. The van der Waals surface area contributed by atoms with Gasteiger partial charge in [-0.25, -0.2) is 9.59 Å². The molecule has 2 amide bonds. The maximum atomic E-state index is 12.7. The Bertz CT molecular complexity index is 763. The molecule has 5 nitrogen and oxygen atoms in total. The lowest BCUT2D eigenvalue weighted by molar-refractivity contribution is 0.0600. The quantitative estimate of drug-likeness (QED) is 0.808. The number of esters is 1. The molecule has 0 spiro atoms. The van der Waals surface area contributed by atoms with E-state index in [1.54, 1.807) is 46.2 Å². The van der Waals surface area contributed by atoms with Gasteiger partial charge in [-0.15, -0.1) is 0 Å². The highest BCUT2D eigenvalue weighted by molar-refractivity contribution is 6.31. The van der Waals surface area contributed by atoms with Crippen molar-refractivity contribution in [3.05, 3.63) is 59.1 Å². The summed E-state index contributed by atoms with van der Waals surface area (Å²) in [6.45, 7) is 1.09. The summed E-state index contributed by atoms with van der Waals surface area (Å²) in [6, 6.07) is 13.9. The number of hydrogen-bond donors (Lipinski definition) is 0. The predicted octanol–water partition coefficient (Wildman–Crippen LogP) is 3.57. The number of urea groups is 1. The van der Waals surface area contributed by atoms with Gasteiger partial charge in [-0.2, -0.15) is 0 Å². The molecule has 23 heavy (non-hydrogen) atoms. The minimum atomic E-state index is -0.426. The molecule has 0 unspecified atom stereocenters. The molecule has 2 aromatic rings. The Morgan fingerprint density at radius 2 is 1.65 bits per heavy atom. The molecular formula is C17H15ClN2O3. The molecule has 0 aliphatic carbocycles. The summed E-state index contributed by atoms with van der Waals surface area (Å²) in [4.78, 5) is 27.6. The van der Waals surface area contributed by atoms with Crippen LogP contribution in [0.3, 0.4) is 0 Å². The Labute approximate surface area is 139 Å². The summed E-state index contributed by atoms with van der Waals surface area (Å²) in [6.07, 6.45) is 0. The first-order chi connectivity index (χ1) is 11.1. The Kier molecular flexibility index (Phi) is 4.21. The molecule has 0 bridgehead atoms. The van der Waals surface area contributed by atoms with Crippen molar-refractivity contribution in [3.8, 4) is 0 Å². The Morgan fingerprint density at radius 3 is 2.26 bits per heavy atom. The van der Waals surface area contributed by atoms with Crippen molar-refractivity contribution in [2.24, 2.45) is 0 Å². The van der Waals surface area contributed by atoms with Gasteiger partial charge in [0.1, 0.15) is 0 Å². The van der Waals surface area contributed by atoms with Crippen LogP contribution in [0.25, 0.3) is 0 Å². The molecule has 1 saturated heterocycles. The monoisotopic (exact) mass is 330 g/mol. The highest BCUT2D eigenvalue weighted by Gasteiger charge is 2.31. The van der Waals surface area contributed by atoms with Crippen molar-refractivity contribution in [3.63, 3.8) is 0 Å². The van der Waals surface area contributed by atoms with Gasteiger partial charge in [0, 0.05) is 29.5 Å². The summed E-state index contributed by atoms with van der Waals surface area (Å²) >= 11 is 5.99. The molecule has 0 N–H and O–H groups in total. The van der Waals surface area contributed by atoms with Gasteiger partial charge in [-0.05, 0) is 36.4 Å². The second-order valence-electron chi connectivity index (χ2n) is 5.11. The summed E-state index contributed by atoms with van der Waals surface area (Å²) in [5, 5.41) is 0.585. The number of amides is 2. The van der Waals surface area contributed by atoms with Gasteiger partial charge in [-0.1, -0.05) is 23.7 Å². The average Bonchev–Trinajstić information content (AvgIpc) is 2.96. The van der Waals surface area contributed by atoms with E-state index in [1.165, 1.54) is 7.11 Å². The first-order valence-corrected chi connectivity index (χ1v) is 7.51. The van der Waals surface area contributed by atoms with Crippen molar-refractivity contribution in [2.45, 2.75) is 0 Å². The van der Waals surface area contributed by atoms with Crippen LogP contribution in [0.5, 0.6) is 0 Å². The van der Waals surface area contributed by atoms with E-state index in [4.69, 9.17) is 16.3 Å². The molecule has 1 fully saturated rings. The maximum absolute atomic E-state index is 12.7. The molecule has 0 radical (unpaired) electrons. The van der Waals surface area contributed by atoms with E-state index in [2.05, 4.69) is 0 Å². The maximum Gasteiger partial charge on any atom is 0.337 e. The first-order valence-electron chi connectivity index (χ1n) is 7.13. The number of rotatable bonds is 3. The van der Waals surface area contributed by atoms with Crippen molar-refractivity contribution < 1.29 is 14.3 Å². The normalized spacial score (nSPS) is 14.3. The third-order valence-electron chi connectivity index (χ3n) is 3.71. The smallest absolute Gasteiger partial charge is 0.337 e. The van der Waals surface area contributed by atoms with Crippen molar-refractivity contribution >= 4 is 35.0 Å². The number of halogens is 1. The molecule has 6 heteroatoms. The highest BCUT2D eigenvalue weighted by Crippen LogP contribution is 2.27. The number of methoxy groups -OCH3 is 1. The van der Waals surface area contributed by atoms with Crippen LogP contribution in [0.15, 0.2) is 48.5 Å². The fourth-order valence-corrected chi connectivity index (χ4v) is 2.76. The molecule has 0 aromatic heterocycles. The SMILES string of the molecule is COC(=O)c1cccc(N2CCN(c3cccc(Cl)c3)C2=O)c1. The van der Waals surface area contributed by atoms with Gasteiger partial charge < -0.3 is 4.74 Å². The second-order valence-corrected chi connectivity index (χ2v) is 5.54. The van der Waals surface area contributed by atoms with E-state index < -0.39 is 5.97 Å². The lowest BCUT2D eigenvalue weighted by Gasteiger charge is -2.19. The van der Waals surface area contributed by atoms with Crippen molar-refractivity contribution in [1.29, 1.82) is 0 Å². The van der Waals surface area contributed by atoms with Gasteiger partial charge in [0.15, 0.2) is 0 Å². The fraction of sp³-hybridized carbons (Fsp3) is 0.176.